The molecule has 2 aromatic rings. The third-order valence-electron chi connectivity index (χ3n) is 4.04. The number of benzene rings is 2. The molecule has 6 nitrogen and oxygen atoms in total. The van der Waals surface area contributed by atoms with Gasteiger partial charge in [-0.2, -0.15) is 5.11 Å². The Morgan fingerprint density at radius 1 is 1.08 bits per heavy atom. The van der Waals surface area contributed by atoms with Gasteiger partial charge in [-0.05, 0) is 66.3 Å². The van der Waals surface area contributed by atoms with Crippen LogP contribution in [0.2, 0.25) is 0 Å². The molecule has 0 saturated carbocycles. The summed E-state index contributed by atoms with van der Waals surface area (Å²) in [6.07, 6.45) is 3.67. The van der Waals surface area contributed by atoms with Crippen molar-refractivity contribution in [2.24, 2.45) is 10.2 Å². The maximum Gasteiger partial charge on any atom is 0.270 e. The molecule has 7 heteroatoms. The van der Waals surface area contributed by atoms with E-state index in [-0.39, 0.29) is 5.69 Å². The van der Waals surface area contributed by atoms with E-state index < -0.39 is 4.92 Å². The molecule has 0 saturated heterocycles. The van der Waals surface area contributed by atoms with Crippen LogP contribution >= 0.6 is 22.6 Å². The summed E-state index contributed by atoms with van der Waals surface area (Å²) in [7, 11) is 0. The summed E-state index contributed by atoms with van der Waals surface area (Å²) in [5, 5.41) is 19.2. The van der Waals surface area contributed by atoms with Crippen LogP contribution in [-0.2, 0) is 0 Å². The fraction of sp³-hybridized carbons (Fsp3) is 0.368. The number of nitrogens with zero attached hydrogens (tertiary/aromatic N) is 4. The number of halogens is 1. The average Bonchev–Trinajstić information content (AvgIpc) is 2.65. The van der Waals surface area contributed by atoms with E-state index in [1.54, 1.807) is 6.07 Å². The molecule has 2 aromatic carbocycles. The maximum absolute atomic E-state index is 10.8. The second-order valence-electron chi connectivity index (χ2n) is 5.90. The van der Waals surface area contributed by atoms with Crippen LogP contribution in [0, 0.1) is 13.7 Å². The van der Waals surface area contributed by atoms with Crippen molar-refractivity contribution in [2.45, 2.75) is 33.1 Å². The highest BCUT2D eigenvalue weighted by Gasteiger charge is 2.08. The molecule has 0 amide bonds. The summed E-state index contributed by atoms with van der Waals surface area (Å²) >= 11 is 2.03. The number of anilines is 1. The van der Waals surface area contributed by atoms with Crippen LogP contribution < -0.4 is 4.90 Å². The summed E-state index contributed by atoms with van der Waals surface area (Å²) in [6.45, 7) is 6.41. The molecule has 0 aromatic heterocycles. The van der Waals surface area contributed by atoms with Crippen LogP contribution in [0.1, 0.15) is 33.1 Å². The third kappa shape index (κ3) is 5.76. The minimum absolute atomic E-state index is 0.0560. The Morgan fingerprint density at radius 2 is 1.81 bits per heavy atom. The molecule has 26 heavy (non-hydrogen) atoms. The van der Waals surface area contributed by atoms with Gasteiger partial charge in [-0.1, -0.05) is 19.8 Å². The van der Waals surface area contributed by atoms with Gasteiger partial charge in [0.15, 0.2) is 0 Å². The number of hydrogen-bond donors (Lipinski definition) is 0. The van der Waals surface area contributed by atoms with Crippen LogP contribution in [0.4, 0.5) is 22.7 Å². The minimum atomic E-state index is -0.415. The highest BCUT2D eigenvalue weighted by Crippen LogP contribution is 2.28. The van der Waals surface area contributed by atoms with Gasteiger partial charge in [-0.3, -0.25) is 10.1 Å². The standard InChI is InChI=1S/C19H23IN4O2/c1-3-5-6-13-23(4-2)16-9-7-15(8-10-16)21-22-19-12-11-17(24(25)26)14-18(19)20/h7-12,14H,3-6,13H2,1-2H3. The van der Waals surface area contributed by atoms with Crippen molar-refractivity contribution >= 4 is 45.3 Å². The van der Waals surface area contributed by atoms with Crippen LogP contribution in [0.25, 0.3) is 0 Å². The second-order valence-corrected chi connectivity index (χ2v) is 7.06. The molecule has 0 heterocycles. The topological polar surface area (TPSA) is 71.1 Å². The van der Waals surface area contributed by atoms with Crippen molar-refractivity contribution in [3.63, 3.8) is 0 Å². The van der Waals surface area contributed by atoms with E-state index in [2.05, 4.69) is 41.1 Å². The molecular formula is C19H23IN4O2. The summed E-state index contributed by atoms with van der Waals surface area (Å²) in [5.41, 5.74) is 2.62. The van der Waals surface area contributed by atoms with Gasteiger partial charge in [0.05, 0.1) is 16.3 Å². The molecule has 0 aliphatic heterocycles. The van der Waals surface area contributed by atoms with E-state index in [0.717, 1.165) is 18.8 Å². The molecule has 0 radical (unpaired) electrons. The van der Waals surface area contributed by atoms with Gasteiger partial charge in [0.1, 0.15) is 0 Å². The molecule has 138 valence electrons. The molecule has 0 unspecified atom stereocenters. The van der Waals surface area contributed by atoms with Crippen LogP contribution in [0.3, 0.4) is 0 Å². The first-order valence-electron chi connectivity index (χ1n) is 8.75. The number of hydrogen-bond acceptors (Lipinski definition) is 5. The Labute approximate surface area is 167 Å². The Bertz CT molecular complexity index is 763. The first-order chi connectivity index (χ1) is 12.5. The number of azo groups is 1. The summed E-state index contributed by atoms with van der Waals surface area (Å²) in [5.74, 6) is 0. The quantitative estimate of drug-likeness (QED) is 0.137. The molecule has 0 spiro atoms. The molecule has 0 aliphatic carbocycles. The predicted molar refractivity (Wildman–Crippen MR) is 114 cm³/mol. The highest BCUT2D eigenvalue weighted by molar-refractivity contribution is 14.1. The molecule has 0 bridgehead atoms. The van der Waals surface area contributed by atoms with Gasteiger partial charge >= 0.3 is 0 Å². The molecule has 2 rings (SSSR count). The van der Waals surface area contributed by atoms with E-state index in [1.807, 2.05) is 34.7 Å². The zero-order valence-corrected chi connectivity index (χ0v) is 17.2. The Balaban J connectivity index is 2.06. The second kappa shape index (κ2) is 10.2. The van der Waals surface area contributed by atoms with E-state index in [1.165, 1.54) is 37.1 Å². The lowest BCUT2D eigenvalue weighted by atomic mass is 10.2. The van der Waals surface area contributed by atoms with Crippen LogP contribution in [-0.4, -0.2) is 18.0 Å². The van der Waals surface area contributed by atoms with E-state index in [4.69, 9.17) is 0 Å². The number of nitro benzene ring substituents is 1. The lowest BCUT2D eigenvalue weighted by molar-refractivity contribution is -0.384. The van der Waals surface area contributed by atoms with Gasteiger partial charge in [0.25, 0.3) is 5.69 Å². The van der Waals surface area contributed by atoms with Gasteiger partial charge in [0, 0.05) is 34.5 Å². The van der Waals surface area contributed by atoms with Crippen molar-refractivity contribution in [3.8, 4) is 0 Å². The van der Waals surface area contributed by atoms with Gasteiger partial charge in [-0.15, -0.1) is 5.11 Å². The minimum Gasteiger partial charge on any atom is -0.372 e. The van der Waals surface area contributed by atoms with E-state index >= 15 is 0 Å². The van der Waals surface area contributed by atoms with E-state index in [0.29, 0.717) is 9.26 Å². The van der Waals surface area contributed by atoms with Gasteiger partial charge in [-0.25, -0.2) is 0 Å². The lowest BCUT2D eigenvalue weighted by Crippen LogP contribution is -2.23. The monoisotopic (exact) mass is 466 g/mol. The zero-order chi connectivity index (χ0) is 18.9. The summed E-state index contributed by atoms with van der Waals surface area (Å²) < 4.78 is 0.699. The number of rotatable bonds is 9. The van der Waals surface area contributed by atoms with Crippen molar-refractivity contribution in [1.82, 2.24) is 0 Å². The van der Waals surface area contributed by atoms with Crippen LogP contribution in [0.15, 0.2) is 52.7 Å². The van der Waals surface area contributed by atoms with Gasteiger partial charge in [0.2, 0.25) is 0 Å². The fourth-order valence-corrected chi connectivity index (χ4v) is 3.16. The SMILES string of the molecule is CCCCCN(CC)c1ccc(N=Nc2ccc([N+](=O)[O-])cc2I)cc1. The van der Waals surface area contributed by atoms with Crippen molar-refractivity contribution in [1.29, 1.82) is 0 Å². The number of non-ortho nitro benzene ring substituents is 1. The Kier molecular flexibility index (Phi) is 7.96. The van der Waals surface area contributed by atoms with Crippen molar-refractivity contribution in [3.05, 3.63) is 56.1 Å². The van der Waals surface area contributed by atoms with Crippen molar-refractivity contribution in [2.75, 3.05) is 18.0 Å². The van der Waals surface area contributed by atoms with Crippen molar-refractivity contribution < 1.29 is 4.92 Å². The number of nitro groups is 1. The number of unbranched alkanes of at least 4 members (excludes halogenated alkanes) is 2. The first kappa shape index (κ1) is 20.3. The third-order valence-corrected chi connectivity index (χ3v) is 4.91. The molecule has 0 atom stereocenters. The molecule has 0 fully saturated rings. The van der Waals surface area contributed by atoms with E-state index in [9.17, 15) is 10.1 Å². The predicted octanol–water partition coefficient (Wildman–Crippen LogP) is 6.63. The molecular weight excluding hydrogens is 443 g/mol. The first-order valence-corrected chi connectivity index (χ1v) is 9.83. The molecule has 0 N–H and O–H groups in total. The summed E-state index contributed by atoms with van der Waals surface area (Å²) in [4.78, 5) is 12.7. The fourth-order valence-electron chi connectivity index (χ4n) is 2.55. The normalized spacial score (nSPS) is 11.0. The van der Waals surface area contributed by atoms with Crippen LogP contribution in [0.5, 0.6) is 0 Å². The smallest absolute Gasteiger partial charge is 0.270 e. The zero-order valence-electron chi connectivity index (χ0n) is 15.1. The Hall–Kier alpha value is -2.03. The maximum atomic E-state index is 10.8. The average molecular weight is 466 g/mol. The Morgan fingerprint density at radius 3 is 2.38 bits per heavy atom. The lowest BCUT2D eigenvalue weighted by Gasteiger charge is -2.23. The molecule has 0 aliphatic rings. The largest absolute Gasteiger partial charge is 0.372 e. The summed E-state index contributed by atoms with van der Waals surface area (Å²) in [6, 6.07) is 12.6. The van der Waals surface area contributed by atoms with Gasteiger partial charge < -0.3 is 4.90 Å². The highest BCUT2D eigenvalue weighted by atomic mass is 127.